The molecular formula is C11H23NO3. The number of unbranched alkanes of at least 4 members (excludes halogenated alkanes) is 1. The highest BCUT2D eigenvalue weighted by atomic mass is 16.6. The van der Waals surface area contributed by atoms with E-state index in [4.69, 9.17) is 9.84 Å². The van der Waals surface area contributed by atoms with Crippen LogP contribution in [0.5, 0.6) is 0 Å². The highest BCUT2D eigenvalue weighted by Crippen LogP contribution is 2.07. The minimum absolute atomic E-state index is 0.0812. The van der Waals surface area contributed by atoms with Crippen LogP contribution >= 0.6 is 0 Å². The minimum atomic E-state index is -0.313. The molecule has 0 heterocycles. The molecule has 0 bridgehead atoms. The van der Waals surface area contributed by atoms with Crippen molar-refractivity contribution in [2.45, 2.75) is 46.1 Å². The maximum atomic E-state index is 11.6. The summed E-state index contributed by atoms with van der Waals surface area (Å²) >= 11 is 0. The highest BCUT2D eigenvalue weighted by molar-refractivity contribution is 5.67. The fourth-order valence-corrected chi connectivity index (χ4v) is 1.26. The van der Waals surface area contributed by atoms with Crippen molar-refractivity contribution in [1.29, 1.82) is 0 Å². The van der Waals surface area contributed by atoms with Gasteiger partial charge in [-0.3, -0.25) is 0 Å². The summed E-state index contributed by atoms with van der Waals surface area (Å²) in [5, 5.41) is 8.57. The first-order valence-corrected chi connectivity index (χ1v) is 5.71. The van der Waals surface area contributed by atoms with Gasteiger partial charge in [-0.1, -0.05) is 20.3 Å². The second-order valence-corrected chi connectivity index (χ2v) is 3.64. The van der Waals surface area contributed by atoms with E-state index in [0.29, 0.717) is 0 Å². The lowest BCUT2D eigenvalue weighted by molar-refractivity contribution is 0.0721. The van der Waals surface area contributed by atoms with Crippen LogP contribution in [0.1, 0.15) is 40.0 Å². The molecule has 90 valence electrons. The zero-order chi connectivity index (χ0) is 11.7. The van der Waals surface area contributed by atoms with Crippen LogP contribution in [0, 0.1) is 0 Å². The summed E-state index contributed by atoms with van der Waals surface area (Å²) in [5.74, 6) is 0. The highest BCUT2D eigenvalue weighted by Gasteiger charge is 2.19. The molecule has 4 nitrogen and oxygen atoms in total. The summed E-state index contributed by atoms with van der Waals surface area (Å²) in [5.41, 5.74) is 0. The molecule has 0 aromatic carbocycles. The maximum absolute atomic E-state index is 11.6. The van der Waals surface area contributed by atoms with Gasteiger partial charge in [-0.05, 0) is 19.8 Å². The monoisotopic (exact) mass is 217 g/mol. The van der Waals surface area contributed by atoms with Crippen LogP contribution in [0.4, 0.5) is 4.79 Å². The number of carbonyl (C=O) groups is 1. The van der Waals surface area contributed by atoms with Crippen molar-refractivity contribution in [3.63, 3.8) is 0 Å². The number of ether oxygens (including phenoxy) is 1. The van der Waals surface area contributed by atoms with Gasteiger partial charge >= 0.3 is 6.09 Å². The van der Waals surface area contributed by atoms with Crippen molar-refractivity contribution in [3.8, 4) is 0 Å². The van der Waals surface area contributed by atoms with Gasteiger partial charge in [0.05, 0.1) is 6.61 Å². The van der Waals surface area contributed by atoms with Crippen LogP contribution in [0.2, 0.25) is 0 Å². The number of carbonyl (C=O) groups excluding carboxylic acids is 1. The average Bonchev–Trinajstić information content (AvgIpc) is 2.26. The van der Waals surface area contributed by atoms with E-state index in [1.54, 1.807) is 4.90 Å². The van der Waals surface area contributed by atoms with Gasteiger partial charge < -0.3 is 14.7 Å². The smallest absolute Gasteiger partial charge is 0.410 e. The van der Waals surface area contributed by atoms with E-state index in [2.05, 4.69) is 6.92 Å². The third kappa shape index (κ3) is 5.62. The molecule has 0 aromatic heterocycles. The third-order valence-electron chi connectivity index (χ3n) is 2.43. The van der Waals surface area contributed by atoms with Crippen molar-refractivity contribution in [2.75, 3.05) is 19.8 Å². The summed E-state index contributed by atoms with van der Waals surface area (Å²) in [6.07, 6.45) is 2.64. The molecule has 0 saturated carbocycles. The zero-order valence-corrected chi connectivity index (χ0v) is 10.0. The number of amides is 1. The van der Waals surface area contributed by atoms with Gasteiger partial charge in [-0.15, -0.1) is 0 Å². The van der Waals surface area contributed by atoms with Crippen LogP contribution in [0.3, 0.4) is 0 Å². The van der Waals surface area contributed by atoms with E-state index in [-0.39, 0.29) is 25.3 Å². The number of nitrogens with zero attached hydrogens (tertiary/aromatic N) is 1. The van der Waals surface area contributed by atoms with Gasteiger partial charge in [0.25, 0.3) is 0 Å². The van der Waals surface area contributed by atoms with Crippen molar-refractivity contribution in [3.05, 3.63) is 0 Å². The fourth-order valence-electron chi connectivity index (χ4n) is 1.26. The Labute approximate surface area is 92.2 Å². The number of hydrogen-bond acceptors (Lipinski definition) is 3. The maximum Gasteiger partial charge on any atom is 0.410 e. The topological polar surface area (TPSA) is 49.8 Å². The molecule has 0 aliphatic heterocycles. The van der Waals surface area contributed by atoms with Gasteiger partial charge in [0.2, 0.25) is 0 Å². The van der Waals surface area contributed by atoms with Crippen molar-refractivity contribution < 1.29 is 14.6 Å². The molecule has 1 N–H and O–H groups in total. The van der Waals surface area contributed by atoms with Crippen molar-refractivity contribution in [1.82, 2.24) is 4.90 Å². The molecule has 0 saturated heterocycles. The fraction of sp³-hybridized carbons (Fsp3) is 0.909. The Morgan fingerprint density at radius 1 is 1.47 bits per heavy atom. The number of aliphatic hydroxyl groups is 1. The van der Waals surface area contributed by atoms with Crippen LogP contribution in [0.25, 0.3) is 0 Å². The van der Waals surface area contributed by atoms with Crippen molar-refractivity contribution in [2.24, 2.45) is 0 Å². The Kier molecular flexibility index (Phi) is 8.09. The van der Waals surface area contributed by atoms with Crippen molar-refractivity contribution >= 4 is 6.09 Å². The number of rotatable bonds is 7. The summed E-state index contributed by atoms with van der Waals surface area (Å²) < 4.78 is 4.91. The average molecular weight is 217 g/mol. The molecule has 0 aliphatic rings. The van der Waals surface area contributed by atoms with E-state index in [1.165, 1.54) is 0 Å². The lowest BCUT2D eigenvalue weighted by atomic mass is 10.2. The summed E-state index contributed by atoms with van der Waals surface area (Å²) in [6.45, 7) is 6.84. The van der Waals surface area contributed by atoms with Gasteiger partial charge in [0.1, 0.15) is 6.61 Å². The molecule has 1 amide bonds. The summed E-state index contributed by atoms with van der Waals surface area (Å²) in [6, 6.07) is 0.197. The van der Waals surface area contributed by atoms with Gasteiger partial charge in [-0.25, -0.2) is 4.79 Å². The number of hydrogen-bond donors (Lipinski definition) is 1. The standard InChI is InChI=1S/C11H23NO3/c1-4-6-7-12(10(3)5-2)11(14)15-9-8-13/h10,13H,4-9H2,1-3H3. The Balaban J connectivity index is 4.14. The molecular weight excluding hydrogens is 194 g/mol. The quantitative estimate of drug-likeness (QED) is 0.709. The summed E-state index contributed by atoms with van der Waals surface area (Å²) in [7, 11) is 0. The molecule has 0 aromatic rings. The lowest BCUT2D eigenvalue weighted by Gasteiger charge is -2.27. The van der Waals surface area contributed by atoms with Crippen LogP contribution in [0.15, 0.2) is 0 Å². The molecule has 1 unspecified atom stereocenters. The van der Waals surface area contributed by atoms with Crippen LogP contribution in [-0.2, 0) is 4.74 Å². The predicted octanol–water partition coefficient (Wildman–Crippen LogP) is 2.02. The Morgan fingerprint density at radius 2 is 2.13 bits per heavy atom. The van der Waals surface area contributed by atoms with Gasteiger partial charge in [0.15, 0.2) is 0 Å². The predicted molar refractivity (Wildman–Crippen MR) is 59.8 cm³/mol. The molecule has 0 aliphatic carbocycles. The Hall–Kier alpha value is -0.770. The Bertz CT molecular complexity index is 173. The van der Waals surface area contributed by atoms with E-state index < -0.39 is 0 Å². The van der Waals surface area contributed by atoms with E-state index in [0.717, 1.165) is 25.8 Å². The second kappa shape index (κ2) is 8.53. The molecule has 0 fully saturated rings. The molecule has 15 heavy (non-hydrogen) atoms. The first-order chi connectivity index (χ1) is 7.17. The lowest BCUT2D eigenvalue weighted by Crippen LogP contribution is -2.39. The second-order valence-electron chi connectivity index (χ2n) is 3.64. The third-order valence-corrected chi connectivity index (χ3v) is 2.43. The summed E-state index contributed by atoms with van der Waals surface area (Å²) in [4.78, 5) is 13.3. The van der Waals surface area contributed by atoms with E-state index in [9.17, 15) is 4.79 Å². The Morgan fingerprint density at radius 3 is 2.60 bits per heavy atom. The van der Waals surface area contributed by atoms with Gasteiger partial charge in [0, 0.05) is 12.6 Å². The SMILES string of the molecule is CCCCN(C(=O)OCCO)C(C)CC. The zero-order valence-electron chi connectivity index (χ0n) is 10.0. The largest absolute Gasteiger partial charge is 0.447 e. The normalized spacial score (nSPS) is 12.3. The minimum Gasteiger partial charge on any atom is -0.447 e. The first-order valence-electron chi connectivity index (χ1n) is 5.71. The van der Waals surface area contributed by atoms with E-state index >= 15 is 0 Å². The van der Waals surface area contributed by atoms with Crippen LogP contribution in [-0.4, -0.2) is 41.9 Å². The molecule has 4 heteroatoms. The molecule has 1 atom stereocenters. The molecule has 0 spiro atoms. The van der Waals surface area contributed by atoms with E-state index in [1.807, 2.05) is 13.8 Å². The van der Waals surface area contributed by atoms with Gasteiger partial charge in [-0.2, -0.15) is 0 Å². The van der Waals surface area contributed by atoms with Crippen LogP contribution < -0.4 is 0 Å². The first kappa shape index (κ1) is 14.2. The molecule has 0 radical (unpaired) electrons. The number of aliphatic hydroxyl groups excluding tert-OH is 1. The molecule has 0 rings (SSSR count).